The van der Waals surface area contributed by atoms with Crippen molar-refractivity contribution in [1.29, 1.82) is 0 Å². The number of benzene rings is 5. The van der Waals surface area contributed by atoms with Crippen molar-refractivity contribution in [3.63, 3.8) is 0 Å². The van der Waals surface area contributed by atoms with Crippen molar-refractivity contribution in [2.45, 2.75) is 93.2 Å². The van der Waals surface area contributed by atoms with Crippen molar-refractivity contribution in [1.82, 2.24) is 14.5 Å². The fourth-order valence-electron chi connectivity index (χ4n) is 7.55. The van der Waals surface area contributed by atoms with E-state index in [1.54, 1.807) is 0 Å². The van der Waals surface area contributed by atoms with Gasteiger partial charge in [-0.1, -0.05) is 169 Å². The van der Waals surface area contributed by atoms with Crippen LogP contribution in [0, 0.1) is 22.8 Å². The zero-order valence-corrected chi connectivity index (χ0v) is 41.2. The van der Waals surface area contributed by atoms with Crippen LogP contribution in [0.15, 0.2) is 128 Å². The van der Waals surface area contributed by atoms with Gasteiger partial charge in [0.2, 0.25) is 0 Å². The van der Waals surface area contributed by atoms with Crippen LogP contribution in [0.2, 0.25) is 19.6 Å². The molecule has 3 nitrogen and oxygen atoms in total. The summed E-state index contributed by atoms with van der Waals surface area (Å²) in [6.45, 7) is 24.3. The Morgan fingerprint density at radius 3 is 2.08 bits per heavy atom. The Kier molecular flexibility index (Phi) is 12.9. The second kappa shape index (κ2) is 18.3. The summed E-state index contributed by atoms with van der Waals surface area (Å²) in [4.78, 5) is 9.76. The van der Waals surface area contributed by atoms with Crippen molar-refractivity contribution in [3.05, 3.63) is 156 Å². The first-order chi connectivity index (χ1) is 28.7. The van der Waals surface area contributed by atoms with E-state index in [0.717, 1.165) is 55.9 Å². The largest absolute Gasteiger partial charge is 0.333 e. The molecule has 0 aliphatic rings. The van der Waals surface area contributed by atoms with E-state index in [9.17, 15) is 0 Å². The fraction of sp³-hybridized carbons (Fsp3) is 0.296. The van der Waals surface area contributed by atoms with E-state index in [0.29, 0.717) is 11.5 Å². The molecule has 3 aromatic heterocycles. The number of thiophene rings is 1. The Labute approximate surface area is 380 Å². The first-order valence-electron chi connectivity index (χ1n) is 21.8. The molecular weight excluding hydrogens is 943 g/mol. The first kappa shape index (κ1) is 42.2. The third-order valence-electron chi connectivity index (χ3n) is 10.4. The minimum Gasteiger partial charge on any atom is -0.333 e. The minimum absolute atomic E-state index is 0. The molecule has 0 atom stereocenters. The SMILES string of the molecule is CC(C)Cc1cc(-c2[c-]cccc2)ncc1[Si](C)(C)C.[2H]C([2H])(c1ccc2c(-c3nc4ccccc4n3-c3ccc(-c4ccc(C(C)(C)C)cc4)cc3)[c-]sc2c1)C(C)(C)C.[Ir]. The summed E-state index contributed by atoms with van der Waals surface area (Å²) in [6, 6.07) is 45.3. The number of nitrogens with zero attached hydrogens (tertiary/aromatic N) is 3. The number of aromatic nitrogens is 3. The number of fused-ring (bicyclic) bond motifs is 2. The molecule has 8 rings (SSSR count). The molecule has 5 aromatic carbocycles. The normalized spacial score (nSPS) is 12.8. The molecule has 0 spiro atoms. The summed E-state index contributed by atoms with van der Waals surface area (Å²) < 4.78 is 20.7. The van der Waals surface area contributed by atoms with Crippen LogP contribution in [-0.4, -0.2) is 22.6 Å². The number of para-hydroxylation sites is 2. The van der Waals surface area contributed by atoms with Crippen LogP contribution in [0.5, 0.6) is 0 Å². The van der Waals surface area contributed by atoms with Crippen LogP contribution in [0.25, 0.3) is 60.6 Å². The van der Waals surface area contributed by atoms with Gasteiger partial charge >= 0.3 is 0 Å². The van der Waals surface area contributed by atoms with E-state index in [2.05, 4.69) is 148 Å². The van der Waals surface area contributed by atoms with Crippen molar-refractivity contribution in [3.8, 4) is 39.5 Å². The quantitative estimate of drug-likeness (QED) is 0.112. The molecule has 0 aliphatic carbocycles. The van der Waals surface area contributed by atoms with E-state index >= 15 is 0 Å². The summed E-state index contributed by atoms with van der Waals surface area (Å²) in [5.41, 5.74) is 11.6. The van der Waals surface area contributed by atoms with Gasteiger partial charge in [-0.2, -0.15) is 0 Å². The van der Waals surface area contributed by atoms with Gasteiger partial charge in [0, 0.05) is 34.7 Å². The predicted molar refractivity (Wildman–Crippen MR) is 258 cm³/mol. The molecule has 0 N–H and O–H groups in total. The number of hydrogen-bond donors (Lipinski definition) is 0. The standard InChI is InChI=1S/C36H35N2S.C18H24NSi.Ir/c1-35(2,3)22-24-11-20-29-30(23-39-33(29)21-24)34-37-31-9-7-8-10-32(31)38(34)28-18-14-26(15-19-28)25-12-16-27(17-13-25)36(4,5)6;1-14(2)11-16-12-17(15-9-7-6-8-10-15)19-13-18(16)20(3,4)5;/h7-21H,22H2,1-6H3;6-9,12-14H,11H2,1-5H3;/q2*-1;/i22D2;;. The summed E-state index contributed by atoms with van der Waals surface area (Å²) in [5.74, 6) is 1.51. The van der Waals surface area contributed by atoms with Gasteiger partial charge in [0.25, 0.3) is 0 Å². The molecule has 0 saturated carbocycles. The Balaban J connectivity index is 0.000000258. The number of rotatable bonds is 8. The Bertz CT molecular complexity index is 2770. The van der Waals surface area contributed by atoms with Gasteiger partial charge in [-0.05, 0) is 81.4 Å². The molecule has 0 unspecified atom stereocenters. The summed E-state index contributed by atoms with van der Waals surface area (Å²) >= 11 is 1.52. The Hall–Kier alpha value is -4.45. The molecule has 6 heteroatoms. The van der Waals surface area contributed by atoms with Crippen molar-refractivity contribution >= 4 is 45.7 Å². The minimum atomic E-state index is -1.45. The van der Waals surface area contributed by atoms with Crippen LogP contribution in [0.4, 0.5) is 0 Å². The van der Waals surface area contributed by atoms with E-state index in [-0.39, 0.29) is 25.5 Å². The van der Waals surface area contributed by atoms with Gasteiger partial charge < -0.3 is 9.55 Å². The van der Waals surface area contributed by atoms with Crippen LogP contribution >= 0.6 is 11.3 Å². The van der Waals surface area contributed by atoms with E-state index in [4.69, 9.17) is 7.73 Å². The predicted octanol–water partition coefficient (Wildman–Crippen LogP) is 14.6. The van der Waals surface area contributed by atoms with E-state index in [1.165, 1.54) is 38.8 Å². The molecule has 0 bridgehead atoms. The van der Waals surface area contributed by atoms with Crippen molar-refractivity contribution in [2.24, 2.45) is 11.3 Å². The van der Waals surface area contributed by atoms with Crippen LogP contribution < -0.4 is 5.19 Å². The van der Waals surface area contributed by atoms with E-state index < -0.39 is 19.9 Å². The fourth-order valence-corrected chi connectivity index (χ4v) is 10.0. The van der Waals surface area contributed by atoms with Crippen molar-refractivity contribution < 1.29 is 22.8 Å². The smallest absolute Gasteiger partial charge is 0.0798 e. The Morgan fingerprint density at radius 1 is 0.800 bits per heavy atom. The molecule has 0 aliphatic heterocycles. The van der Waals surface area contributed by atoms with Gasteiger partial charge in [-0.3, -0.25) is 16.3 Å². The van der Waals surface area contributed by atoms with Crippen LogP contribution in [-0.2, 0) is 38.3 Å². The third-order valence-corrected chi connectivity index (χ3v) is 13.4. The number of pyridine rings is 1. The molecule has 8 aromatic rings. The van der Waals surface area contributed by atoms with E-state index in [1.807, 2.05) is 75.4 Å². The molecule has 3 heterocycles. The van der Waals surface area contributed by atoms with Gasteiger partial charge in [0.1, 0.15) is 0 Å². The zero-order valence-electron chi connectivity index (χ0n) is 39.0. The van der Waals surface area contributed by atoms with Gasteiger partial charge in [-0.15, -0.1) is 47.3 Å². The average Bonchev–Trinajstić information content (AvgIpc) is 3.81. The maximum Gasteiger partial charge on any atom is 0.0798 e. The maximum absolute atomic E-state index is 8.75. The maximum atomic E-state index is 8.75. The molecule has 0 fully saturated rings. The molecular formula is C54H59IrN3SSi-2. The second-order valence-electron chi connectivity index (χ2n) is 19.1. The topological polar surface area (TPSA) is 30.7 Å². The summed E-state index contributed by atoms with van der Waals surface area (Å²) in [6.07, 6.45) is 1.79. The van der Waals surface area contributed by atoms with Crippen LogP contribution in [0.3, 0.4) is 0 Å². The number of hydrogen-bond acceptors (Lipinski definition) is 3. The molecule has 311 valence electrons. The monoisotopic (exact) mass is 1000 g/mol. The molecule has 1 radical (unpaired) electrons. The van der Waals surface area contributed by atoms with Gasteiger partial charge in [-0.25, -0.2) is 0 Å². The molecule has 0 amide bonds. The van der Waals surface area contributed by atoms with Crippen LogP contribution in [0.1, 0.15) is 74.8 Å². The summed E-state index contributed by atoms with van der Waals surface area (Å²) in [7, 11) is -1.34. The zero-order chi connectivity index (χ0) is 43.9. The average molecular weight is 1000 g/mol. The van der Waals surface area contributed by atoms with Gasteiger partial charge in [0.05, 0.1) is 24.9 Å². The second-order valence-corrected chi connectivity index (χ2v) is 25.0. The summed E-state index contributed by atoms with van der Waals surface area (Å²) in [5, 5.41) is 6.04. The number of imidazole rings is 1. The third kappa shape index (κ3) is 10.5. The Morgan fingerprint density at radius 2 is 1.47 bits per heavy atom. The van der Waals surface area contributed by atoms with Gasteiger partial charge in [0.15, 0.2) is 0 Å². The van der Waals surface area contributed by atoms with Crippen molar-refractivity contribution in [2.75, 3.05) is 0 Å². The first-order valence-corrected chi connectivity index (χ1v) is 25.1. The molecule has 0 saturated heterocycles. The molecule has 60 heavy (non-hydrogen) atoms.